The van der Waals surface area contributed by atoms with E-state index in [0.29, 0.717) is 19.6 Å². The van der Waals surface area contributed by atoms with Crippen molar-refractivity contribution in [3.8, 4) is 0 Å². The number of hydrogen-bond donors (Lipinski definition) is 2. The zero-order valence-electron chi connectivity index (χ0n) is 14.8. The van der Waals surface area contributed by atoms with Crippen molar-refractivity contribution in [1.29, 1.82) is 0 Å². The van der Waals surface area contributed by atoms with Gasteiger partial charge in [-0.05, 0) is 20.4 Å². The van der Waals surface area contributed by atoms with Crippen molar-refractivity contribution < 1.29 is 14.3 Å². The number of likely N-dealkylation sites (N-methyl/N-ethyl adjacent to an activating group) is 1. The molecule has 0 saturated heterocycles. The fraction of sp³-hybridized carbons (Fsp3) is 0.938. The zero-order valence-corrected chi connectivity index (χ0v) is 14.8. The summed E-state index contributed by atoms with van der Waals surface area (Å²) in [7, 11) is 3.75. The lowest BCUT2D eigenvalue weighted by atomic mass is 9.54. The Kier molecular flexibility index (Phi) is 7.25. The van der Waals surface area contributed by atoms with Crippen molar-refractivity contribution in [3.63, 3.8) is 0 Å². The van der Waals surface area contributed by atoms with Crippen LogP contribution in [0.1, 0.15) is 33.6 Å². The molecule has 22 heavy (non-hydrogen) atoms. The number of nitrogens with one attached hydrogen (secondary N) is 1. The molecule has 0 spiro atoms. The molecule has 2 atom stereocenters. The normalized spacial score (nSPS) is 26.8. The number of carbonyl (C=O) groups excluding carboxylic acids is 1. The van der Waals surface area contributed by atoms with Gasteiger partial charge in [0.15, 0.2) is 0 Å². The van der Waals surface area contributed by atoms with E-state index in [-0.39, 0.29) is 17.4 Å². The van der Waals surface area contributed by atoms with Crippen LogP contribution in [-0.4, -0.2) is 69.5 Å². The van der Waals surface area contributed by atoms with Gasteiger partial charge in [-0.2, -0.15) is 0 Å². The molecule has 3 N–H and O–H groups in total. The second-order valence-corrected chi connectivity index (χ2v) is 6.75. The predicted molar refractivity (Wildman–Crippen MR) is 87.7 cm³/mol. The van der Waals surface area contributed by atoms with Gasteiger partial charge in [-0.3, -0.25) is 4.79 Å². The number of carbonyl (C=O) groups is 1. The molecule has 6 nitrogen and oxygen atoms in total. The van der Waals surface area contributed by atoms with Gasteiger partial charge in [-0.25, -0.2) is 0 Å². The number of nitrogens with zero attached hydrogens (tertiary/aromatic N) is 1. The highest BCUT2D eigenvalue weighted by molar-refractivity contribution is 5.88. The zero-order chi connectivity index (χ0) is 16.8. The molecular weight excluding hydrogens is 282 g/mol. The van der Waals surface area contributed by atoms with Crippen LogP contribution in [0, 0.1) is 5.41 Å². The number of hydrogen-bond acceptors (Lipinski definition) is 5. The summed E-state index contributed by atoms with van der Waals surface area (Å²) in [5.74, 6) is -0.0706. The average Bonchev–Trinajstić information content (AvgIpc) is 2.47. The molecule has 0 aromatic rings. The third-order valence-corrected chi connectivity index (χ3v) is 4.90. The Morgan fingerprint density at radius 1 is 1.41 bits per heavy atom. The van der Waals surface area contributed by atoms with Crippen molar-refractivity contribution in [2.45, 2.75) is 45.3 Å². The molecule has 1 aliphatic rings. The van der Waals surface area contributed by atoms with E-state index in [4.69, 9.17) is 15.2 Å². The molecule has 6 heteroatoms. The summed E-state index contributed by atoms with van der Waals surface area (Å²) >= 11 is 0. The minimum Gasteiger partial charge on any atom is -0.385 e. The summed E-state index contributed by atoms with van der Waals surface area (Å²) in [5.41, 5.74) is 5.17. The first kappa shape index (κ1) is 19.4. The van der Waals surface area contributed by atoms with Gasteiger partial charge in [0.05, 0.1) is 6.10 Å². The van der Waals surface area contributed by atoms with E-state index in [1.165, 1.54) is 0 Å². The van der Waals surface area contributed by atoms with Crippen LogP contribution in [0.3, 0.4) is 0 Å². The maximum absolute atomic E-state index is 12.4. The summed E-state index contributed by atoms with van der Waals surface area (Å²) in [4.78, 5) is 14.6. The van der Waals surface area contributed by atoms with Crippen LogP contribution in [0.4, 0.5) is 0 Å². The average molecular weight is 315 g/mol. The molecule has 0 heterocycles. The lowest BCUT2D eigenvalue weighted by molar-refractivity contribution is -0.170. The van der Waals surface area contributed by atoms with Gasteiger partial charge in [-0.1, -0.05) is 13.8 Å². The highest BCUT2D eigenvalue weighted by atomic mass is 16.5. The van der Waals surface area contributed by atoms with Crippen LogP contribution >= 0.6 is 0 Å². The number of ether oxygens (including phenoxy) is 2. The SMILES string of the molecule is CCOC1CC(N)(C(=O)NCCN(C)CCCOC)C1(C)C. The molecule has 0 aliphatic heterocycles. The lowest BCUT2D eigenvalue weighted by Gasteiger charge is -2.57. The molecule has 2 unspecified atom stereocenters. The Morgan fingerprint density at radius 3 is 2.64 bits per heavy atom. The van der Waals surface area contributed by atoms with Gasteiger partial charge in [0.25, 0.3) is 0 Å². The van der Waals surface area contributed by atoms with Crippen LogP contribution in [0.2, 0.25) is 0 Å². The monoisotopic (exact) mass is 315 g/mol. The van der Waals surface area contributed by atoms with Crippen LogP contribution in [0.5, 0.6) is 0 Å². The lowest BCUT2D eigenvalue weighted by Crippen LogP contribution is -2.75. The van der Waals surface area contributed by atoms with Gasteiger partial charge in [0, 0.05) is 51.8 Å². The topological polar surface area (TPSA) is 76.8 Å². The van der Waals surface area contributed by atoms with E-state index in [1.54, 1.807) is 7.11 Å². The number of nitrogens with two attached hydrogens (primary N) is 1. The van der Waals surface area contributed by atoms with Gasteiger partial charge in [-0.15, -0.1) is 0 Å². The maximum atomic E-state index is 12.4. The fourth-order valence-corrected chi connectivity index (χ4v) is 2.93. The first-order chi connectivity index (χ1) is 10.3. The third kappa shape index (κ3) is 4.19. The number of amides is 1. The summed E-state index contributed by atoms with van der Waals surface area (Å²) in [6.45, 7) is 9.76. The first-order valence-electron chi connectivity index (χ1n) is 8.15. The first-order valence-corrected chi connectivity index (χ1v) is 8.15. The predicted octanol–water partition coefficient (Wildman–Crippen LogP) is 0.603. The second kappa shape index (κ2) is 8.24. The molecule has 1 aliphatic carbocycles. The Balaban J connectivity index is 2.34. The summed E-state index contributed by atoms with van der Waals surface area (Å²) in [5, 5.41) is 2.97. The highest BCUT2D eigenvalue weighted by Gasteiger charge is 2.62. The van der Waals surface area contributed by atoms with Crippen molar-refractivity contribution in [2.75, 3.05) is 47.0 Å². The van der Waals surface area contributed by atoms with Crippen LogP contribution in [0.25, 0.3) is 0 Å². The summed E-state index contributed by atoms with van der Waals surface area (Å²) in [6, 6.07) is 0. The summed E-state index contributed by atoms with van der Waals surface area (Å²) in [6.07, 6.45) is 1.64. The quantitative estimate of drug-likeness (QED) is 0.578. The van der Waals surface area contributed by atoms with E-state index in [1.807, 2.05) is 27.8 Å². The minimum absolute atomic E-state index is 0.0602. The number of rotatable bonds is 10. The van der Waals surface area contributed by atoms with Crippen molar-refractivity contribution in [2.24, 2.45) is 11.1 Å². The molecular formula is C16H33N3O3. The molecule has 1 rings (SSSR count). The van der Waals surface area contributed by atoms with Crippen LogP contribution < -0.4 is 11.1 Å². The van der Waals surface area contributed by atoms with E-state index in [0.717, 1.165) is 26.1 Å². The van der Waals surface area contributed by atoms with E-state index in [2.05, 4.69) is 10.2 Å². The molecule has 0 aromatic carbocycles. The van der Waals surface area contributed by atoms with E-state index in [9.17, 15) is 4.79 Å². The second-order valence-electron chi connectivity index (χ2n) is 6.75. The molecule has 1 saturated carbocycles. The maximum Gasteiger partial charge on any atom is 0.240 e. The highest BCUT2D eigenvalue weighted by Crippen LogP contribution is 2.49. The molecule has 0 bridgehead atoms. The smallest absolute Gasteiger partial charge is 0.240 e. The van der Waals surface area contributed by atoms with Crippen LogP contribution in [0.15, 0.2) is 0 Å². The molecule has 1 fully saturated rings. The van der Waals surface area contributed by atoms with E-state index >= 15 is 0 Å². The third-order valence-electron chi connectivity index (χ3n) is 4.90. The van der Waals surface area contributed by atoms with Crippen LogP contribution in [-0.2, 0) is 14.3 Å². The van der Waals surface area contributed by atoms with Crippen molar-refractivity contribution in [1.82, 2.24) is 10.2 Å². The van der Waals surface area contributed by atoms with Gasteiger partial charge in [0.2, 0.25) is 5.91 Å². The molecule has 0 radical (unpaired) electrons. The largest absolute Gasteiger partial charge is 0.385 e. The number of methoxy groups -OCH3 is 1. The van der Waals surface area contributed by atoms with Gasteiger partial charge < -0.3 is 25.4 Å². The fourth-order valence-electron chi connectivity index (χ4n) is 2.93. The van der Waals surface area contributed by atoms with Gasteiger partial charge >= 0.3 is 0 Å². The van der Waals surface area contributed by atoms with Crippen molar-refractivity contribution >= 4 is 5.91 Å². The molecule has 0 aromatic heterocycles. The Bertz CT molecular complexity index is 363. The van der Waals surface area contributed by atoms with E-state index < -0.39 is 5.54 Å². The minimum atomic E-state index is -0.832. The van der Waals surface area contributed by atoms with Crippen molar-refractivity contribution in [3.05, 3.63) is 0 Å². The Morgan fingerprint density at radius 2 is 2.09 bits per heavy atom. The standard InChI is InChI=1S/C16H33N3O3/c1-6-22-13-12-16(17,15(13,2)3)14(20)18-8-10-19(4)9-7-11-21-5/h13H,6-12,17H2,1-5H3,(H,18,20). The Labute approximate surface area is 134 Å². The van der Waals surface area contributed by atoms with Gasteiger partial charge in [0.1, 0.15) is 5.54 Å². The summed E-state index contributed by atoms with van der Waals surface area (Å²) < 4.78 is 10.7. The molecule has 1 amide bonds. The molecule has 130 valence electrons. The Hall–Kier alpha value is -0.690.